The van der Waals surface area contributed by atoms with Crippen molar-refractivity contribution in [3.8, 4) is 6.07 Å². The lowest BCUT2D eigenvalue weighted by Gasteiger charge is -2.08. The smallest absolute Gasteiger partial charge is 0.180 e. The zero-order valence-electron chi connectivity index (χ0n) is 12.4. The van der Waals surface area contributed by atoms with E-state index in [1.807, 2.05) is 6.07 Å². The minimum Gasteiger partial charge on any atom is -0.379 e. The monoisotopic (exact) mass is 311 g/mol. The summed E-state index contributed by atoms with van der Waals surface area (Å²) in [5.41, 5.74) is 0.332. The number of hydrogen-bond acceptors (Lipinski definition) is 5. The number of rotatable bonds is 9. The minimum atomic E-state index is -3.42. The Kier molecular flexibility index (Phi) is 7.37. The van der Waals surface area contributed by atoms with Crippen molar-refractivity contribution in [2.75, 3.05) is 32.2 Å². The summed E-state index contributed by atoms with van der Waals surface area (Å²) in [4.78, 5) is 0.154. The van der Waals surface area contributed by atoms with Crippen LogP contribution in [0.3, 0.4) is 0 Å². The molecule has 0 aliphatic rings. The van der Waals surface area contributed by atoms with Gasteiger partial charge in [-0.05, 0) is 24.1 Å². The first-order chi connectivity index (χ1) is 9.95. The van der Waals surface area contributed by atoms with Crippen molar-refractivity contribution in [1.29, 1.82) is 5.26 Å². The molecule has 6 heteroatoms. The summed E-state index contributed by atoms with van der Waals surface area (Å²) in [6, 6.07) is 7.92. The standard InChI is InChI=1S/C15H21NO4S/c1-13(2)12-20-7-6-19-8-9-21(17,18)15-5-3-4-14(10-15)11-16/h3-5,10,13H,6-9,12H2,1-2H3. The molecular weight excluding hydrogens is 290 g/mol. The van der Waals surface area contributed by atoms with E-state index in [1.165, 1.54) is 12.1 Å². The van der Waals surface area contributed by atoms with Gasteiger partial charge in [-0.25, -0.2) is 8.42 Å². The maximum Gasteiger partial charge on any atom is 0.180 e. The lowest BCUT2D eigenvalue weighted by Crippen LogP contribution is -2.15. The fourth-order valence-electron chi connectivity index (χ4n) is 1.58. The van der Waals surface area contributed by atoms with Crippen LogP contribution in [-0.4, -0.2) is 40.6 Å². The first kappa shape index (κ1) is 17.6. The number of hydrogen-bond donors (Lipinski definition) is 0. The molecule has 1 aromatic rings. The van der Waals surface area contributed by atoms with Crippen molar-refractivity contribution in [3.05, 3.63) is 29.8 Å². The summed E-state index contributed by atoms with van der Waals surface area (Å²) in [7, 11) is -3.42. The van der Waals surface area contributed by atoms with Gasteiger partial charge < -0.3 is 9.47 Å². The van der Waals surface area contributed by atoms with Crippen molar-refractivity contribution >= 4 is 9.84 Å². The lowest BCUT2D eigenvalue weighted by atomic mass is 10.2. The van der Waals surface area contributed by atoms with Gasteiger partial charge in [-0.15, -0.1) is 0 Å². The molecule has 1 rings (SSSR count). The third-order valence-corrected chi connectivity index (χ3v) is 4.32. The van der Waals surface area contributed by atoms with E-state index in [-0.39, 0.29) is 17.3 Å². The second-order valence-corrected chi connectivity index (χ2v) is 7.15. The van der Waals surface area contributed by atoms with E-state index in [9.17, 15) is 8.42 Å². The Morgan fingerprint density at radius 2 is 1.90 bits per heavy atom. The number of nitrogens with zero attached hydrogens (tertiary/aromatic N) is 1. The van der Waals surface area contributed by atoms with Gasteiger partial charge in [0, 0.05) is 6.61 Å². The van der Waals surface area contributed by atoms with Gasteiger partial charge in [0.25, 0.3) is 0 Å². The first-order valence-corrected chi connectivity index (χ1v) is 8.49. The van der Waals surface area contributed by atoms with Gasteiger partial charge in [0.1, 0.15) is 0 Å². The Hall–Kier alpha value is -1.42. The van der Waals surface area contributed by atoms with Crippen molar-refractivity contribution < 1.29 is 17.9 Å². The molecule has 0 atom stereocenters. The van der Waals surface area contributed by atoms with Gasteiger partial charge in [-0.2, -0.15) is 5.26 Å². The zero-order chi connectivity index (χ0) is 15.7. The Labute approximate surface area is 126 Å². The molecule has 116 valence electrons. The Morgan fingerprint density at radius 3 is 2.57 bits per heavy atom. The van der Waals surface area contributed by atoms with E-state index in [2.05, 4.69) is 13.8 Å². The van der Waals surface area contributed by atoms with E-state index in [4.69, 9.17) is 14.7 Å². The average molecular weight is 311 g/mol. The fraction of sp³-hybridized carbons (Fsp3) is 0.533. The van der Waals surface area contributed by atoms with Crippen molar-refractivity contribution in [3.63, 3.8) is 0 Å². The summed E-state index contributed by atoms with van der Waals surface area (Å²) >= 11 is 0. The Bertz CT molecular complexity index is 576. The predicted octanol–water partition coefficient (Wildman–Crippen LogP) is 2.02. The van der Waals surface area contributed by atoms with Crippen molar-refractivity contribution in [2.45, 2.75) is 18.7 Å². The van der Waals surface area contributed by atoms with Gasteiger partial charge in [-0.3, -0.25) is 0 Å². The third-order valence-electron chi connectivity index (χ3n) is 2.64. The van der Waals surface area contributed by atoms with Crippen LogP contribution in [-0.2, 0) is 19.3 Å². The highest BCUT2D eigenvalue weighted by Gasteiger charge is 2.14. The zero-order valence-corrected chi connectivity index (χ0v) is 13.2. The molecule has 0 aliphatic heterocycles. The molecule has 0 aromatic heterocycles. The van der Waals surface area contributed by atoms with Crippen LogP contribution >= 0.6 is 0 Å². The normalized spacial score (nSPS) is 11.5. The Morgan fingerprint density at radius 1 is 1.19 bits per heavy atom. The summed E-state index contributed by atoms with van der Waals surface area (Å²) in [5.74, 6) is 0.365. The lowest BCUT2D eigenvalue weighted by molar-refractivity contribution is 0.0427. The van der Waals surface area contributed by atoms with Crippen LogP contribution in [0.15, 0.2) is 29.2 Å². The van der Waals surface area contributed by atoms with Gasteiger partial charge in [0.15, 0.2) is 9.84 Å². The van der Waals surface area contributed by atoms with Crippen molar-refractivity contribution in [2.24, 2.45) is 5.92 Å². The molecule has 0 aliphatic carbocycles. The predicted molar refractivity (Wildman–Crippen MR) is 79.7 cm³/mol. The number of ether oxygens (including phenoxy) is 2. The van der Waals surface area contributed by atoms with Gasteiger partial charge in [0.2, 0.25) is 0 Å². The van der Waals surface area contributed by atoms with Crippen LogP contribution in [0.25, 0.3) is 0 Å². The van der Waals surface area contributed by atoms with Crippen LogP contribution in [0, 0.1) is 17.2 Å². The third kappa shape index (κ3) is 6.71. The largest absolute Gasteiger partial charge is 0.379 e. The molecule has 0 heterocycles. The molecule has 0 unspecified atom stereocenters. The molecular formula is C15H21NO4S. The molecule has 0 radical (unpaired) electrons. The van der Waals surface area contributed by atoms with Crippen LogP contribution < -0.4 is 0 Å². The van der Waals surface area contributed by atoms with Crippen LogP contribution in [0.2, 0.25) is 0 Å². The van der Waals surface area contributed by atoms with Crippen molar-refractivity contribution in [1.82, 2.24) is 0 Å². The summed E-state index contributed by atoms with van der Waals surface area (Å²) in [6.07, 6.45) is 0. The molecule has 21 heavy (non-hydrogen) atoms. The van der Waals surface area contributed by atoms with E-state index in [1.54, 1.807) is 12.1 Å². The summed E-state index contributed by atoms with van der Waals surface area (Å²) < 4.78 is 34.7. The maximum absolute atomic E-state index is 12.1. The molecule has 1 aromatic carbocycles. The molecule has 0 N–H and O–H groups in total. The second-order valence-electron chi connectivity index (χ2n) is 5.04. The average Bonchev–Trinajstić information content (AvgIpc) is 2.46. The molecule has 0 bridgehead atoms. The molecule has 0 spiro atoms. The van der Waals surface area contributed by atoms with Crippen LogP contribution in [0.4, 0.5) is 0 Å². The molecule has 0 amide bonds. The quantitative estimate of drug-likeness (QED) is 0.652. The number of benzene rings is 1. The van der Waals surface area contributed by atoms with E-state index in [0.29, 0.717) is 31.3 Å². The van der Waals surface area contributed by atoms with E-state index < -0.39 is 9.84 Å². The van der Waals surface area contributed by atoms with Gasteiger partial charge in [-0.1, -0.05) is 19.9 Å². The maximum atomic E-state index is 12.1. The van der Waals surface area contributed by atoms with Crippen LogP contribution in [0.5, 0.6) is 0 Å². The molecule has 0 fully saturated rings. The molecule has 0 saturated carbocycles. The first-order valence-electron chi connectivity index (χ1n) is 6.84. The highest BCUT2D eigenvalue weighted by Crippen LogP contribution is 2.12. The second kappa shape index (κ2) is 8.78. The van der Waals surface area contributed by atoms with Crippen LogP contribution in [0.1, 0.15) is 19.4 Å². The number of nitriles is 1. The summed E-state index contributed by atoms with van der Waals surface area (Å²) in [6.45, 7) is 5.74. The fourth-order valence-corrected chi connectivity index (χ4v) is 2.75. The summed E-state index contributed by atoms with van der Waals surface area (Å²) in [5, 5.41) is 8.78. The highest BCUT2D eigenvalue weighted by molar-refractivity contribution is 7.91. The topological polar surface area (TPSA) is 76.4 Å². The highest BCUT2D eigenvalue weighted by atomic mass is 32.2. The van der Waals surface area contributed by atoms with Gasteiger partial charge in [0.05, 0.1) is 42.1 Å². The van der Waals surface area contributed by atoms with E-state index >= 15 is 0 Å². The Balaban J connectivity index is 2.35. The van der Waals surface area contributed by atoms with E-state index in [0.717, 1.165) is 0 Å². The SMILES string of the molecule is CC(C)COCCOCCS(=O)(=O)c1cccc(C#N)c1. The molecule has 5 nitrogen and oxygen atoms in total. The van der Waals surface area contributed by atoms with Gasteiger partial charge >= 0.3 is 0 Å². The minimum absolute atomic E-state index is 0.105. The number of sulfone groups is 1. The molecule has 0 saturated heterocycles.